The average Bonchev–Trinajstić information content (AvgIpc) is 2.53. The molecule has 86 valence electrons. The first-order valence-electron chi connectivity index (χ1n) is 5.42. The van der Waals surface area contributed by atoms with Crippen molar-refractivity contribution >= 4 is 17.7 Å². The van der Waals surface area contributed by atoms with E-state index < -0.39 is 0 Å². The van der Waals surface area contributed by atoms with Crippen LogP contribution < -0.4 is 9.47 Å². The molecule has 0 aromatic heterocycles. The zero-order chi connectivity index (χ0) is 11.4. The lowest BCUT2D eigenvalue weighted by Gasteiger charge is -2.07. The molecule has 0 saturated heterocycles. The van der Waals surface area contributed by atoms with Crippen LogP contribution in [0.15, 0.2) is 23.8 Å². The Morgan fingerprint density at radius 2 is 2.06 bits per heavy atom. The summed E-state index contributed by atoms with van der Waals surface area (Å²) in [6.07, 6.45) is 2.99. The van der Waals surface area contributed by atoms with E-state index in [0.29, 0.717) is 12.5 Å². The number of rotatable bonds is 2. The Hall–Kier alpha value is -1.15. The second-order valence-corrected chi connectivity index (χ2v) is 4.15. The van der Waals surface area contributed by atoms with Gasteiger partial charge in [-0.15, -0.1) is 11.6 Å². The maximum atomic E-state index is 5.75. The highest BCUT2D eigenvalue weighted by molar-refractivity contribution is 6.19. The summed E-state index contributed by atoms with van der Waals surface area (Å²) in [6.45, 7) is 3.45. The van der Waals surface area contributed by atoms with E-state index in [9.17, 15) is 0 Å². The summed E-state index contributed by atoms with van der Waals surface area (Å²) in [4.78, 5) is 0. The predicted molar refractivity (Wildman–Crippen MR) is 66.4 cm³/mol. The molecule has 0 radical (unpaired) electrons. The van der Waals surface area contributed by atoms with Crippen LogP contribution in [-0.4, -0.2) is 19.1 Å². The van der Waals surface area contributed by atoms with E-state index in [1.54, 1.807) is 0 Å². The molecule has 1 aromatic rings. The molecular weight excluding hydrogens is 224 g/mol. The lowest BCUT2D eigenvalue weighted by molar-refractivity contribution is 0.297. The second kappa shape index (κ2) is 5.26. The summed E-state index contributed by atoms with van der Waals surface area (Å²) in [6, 6.07) is 5.97. The number of alkyl halides is 1. The SMILES string of the molecule is CC(=Cc1ccc2c(c1)OCCCO2)CCl. The van der Waals surface area contributed by atoms with Gasteiger partial charge in [-0.05, 0) is 24.6 Å². The van der Waals surface area contributed by atoms with Gasteiger partial charge in [0.05, 0.1) is 13.2 Å². The van der Waals surface area contributed by atoms with Crippen LogP contribution in [0.2, 0.25) is 0 Å². The van der Waals surface area contributed by atoms with Crippen molar-refractivity contribution in [1.29, 1.82) is 0 Å². The molecule has 2 nitrogen and oxygen atoms in total. The molecule has 0 unspecified atom stereocenters. The molecule has 0 atom stereocenters. The van der Waals surface area contributed by atoms with Gasteiger partial charge in [-0.3, -0.25) is 0 Å². The molecule has 1 heterocycles. The molecule has 0 amide bonds. The van der Waals surface area contributed by atoms with Crippen LogP contribution in [-0.2, 0) is 0 Å². The fraction of sp³-hybridized carbons (Fsp3) is 0.385. The van der Waals surface area contributed by atoms with Crippen LogP contribution in [0.3, 0.4) is 0 Å². The second-order valence-electron chi connectivity index (χ2n) is 3.88. The van der Waals surface area contributed by atoms with Crippen molar-refractivity contribution < 1.29 is 9.47 Å². The number of halogens is 1. The van der Waals surface area contributed by atoms with Crippen LogP contribution in [0.5, 0.6) is 11.5 Å². The number of ether oxygens (including phenoxy) is 2. The number of hydrogen-bond donors (Lipinski definition) is 0. The molecule has 16 heavy (non-hydrogen) atoms. The summed E-state index contributed by atoms with van der Waals surface area (Å²) in [5.74, 6) is 2.21. The Morgan fingerprint density at radius 1 is 1.31 bits per heavy atom. The van der Waals surface area contributed by atoms with Crippen LogP contribution >= 0.6 is 11.6 Å². The van der Waals surface area contributed by atoms with Gasteiger partial charge in [-0.1, -0.05) is 17.7 Å². The molecule has 1 aromatic carbocycles. The number of allylic oxidation sites excluding steroid dienone is 1. The Bertz CT molecular complexity index is 399. The fourth-order valence-corrected chi connectivity index (χ4v) is 1.67. The van der Waals surface area contributed by atoms with Gasteiger partial charge in [0, 0.05) is 12.3 Å². The molecule has 0 saturated carbocycles. The Labute approximate surface area is 101 Å². The number of benzene rings is 1. The van der Waals surface area contributed by atoms with Gasteiger partial charge < -0.3 is 9.47 Å². The van der Waals surface area contributed by atoms with E-state index in [0.717, 1.165) is 35.7 Å². The van der Waals surface area contributed by atoms with Gasteiger partial charge in [-0.25, -0.2) is 0 Å². The lowest BCUT2D eigenvalue weighted by atomic mass is 10.1. The molecular formula is C13H15ClO2. The van der Waals surface area contributed by atoms with E-state index in [2.05, 4.69) is 6.08 Å². The summed E-state index contributed by atoms with van der Waals surface area (Å²) >= 11 is 5.75. The molecule has 2 rings (SSSR count). The van der Waals surface area contributed by atoms with E-state index in [4.69, 9.17) is 21.1 Å². The zero-order valence-electron chi connectivity index (χ0n) is 9.33. The van der Waals surface area contributed by atoms with Gasteiger partial charge in [0.2, 0.25) is 0 Å². The molecule has 1 aliphatic heterocycles. The van der Waals surface area contributed by atoms with E-state index in [1.807, 2.05) is 25.1 Å². The first-order valence-corrected chi connectivity index (χ1v) is 5.96. The third kappa shape index (κ3) is 2.70. The van der Waals surface area contributed by atoms with Crippen molar-refractivity contribution in [1.82, 2.24) is 0 Å². The highest BCUT2D eigenvalue weighted by Crippen LogP contribution is 2.31. The average molecular weight is 239 g/mol. The number of fused-ring (bicyclic) bond motifs is 1. The molecule has 0 fully saturated rings. The quantitative estimate of drug-likeness (QED) is 0.735. The van der Waals surface area contributed by atoms with Gasteiger partial charge in [-0.2, -0.15) is 0 Å². The standard InChI is InChI=1S/C13H15ClO2/c1-10(9-14)7-11-3-4-12-13(8-11)16-6-2-5-15-12/h3-4,7-8H,2,5-6,9H2,1H3. The minimum Gasteiger partial charge on any atom is -0.490 e. The third-order valence-electron chi connectivity index (χ3n) is 2.40. The highest BCUT2D eigenvalue weighted by atomic mass is 35.5. The normalized spacial score (nSPS) is 15.8. The Balaban J connectivity index is 2.27. The fourth-order valence-electron chi connectivity index (χ4n) is 1.59. The minimum atomic E-state index is 0.550. The largest absolute Gasteiger partial charge is 0.490 e. The number of hydrogen-bond acceptors (Lipinski definition) is 2. The topological polar surface area (TPSA) is 18.5 Å². The van der Waals surface area contributed by atoms with E-state index in [-0.39, 0.29) is 0 Å². The first kappa shape index (κ1) is 11.3. The minimum absolute atomic E-state index is 0.550. The van der Waals surface area contributed by atoms with Crippen molar-refractivity contribution in [2.24, 2.45) is 0 Å². The van der Waals surface area contributed by atoms with Crippen LogP contribution in [0.4, 0.5) is 0 Å². The van der Waals surface area contributed by atoms with E-state index >= 15 is 0 Å². The third-order valence-corrected chi connectivity index (χ3v) is 2.82. The summed E-state index contributed by atoms with van der Waals surface area (Å²) < 4.78 is 11.2. The Morgan fingerprint density at radius 3 is 2.81 bits per heavy atom. The summed E-state index contributed by atoms with van der Waals surface area (Å²) in [5, 5.41) is 0. The van der Waals surface area contributed by atoms with Gasteiger partial charge in [0.1, 0.15) is 0 Å². The van der Waals surface area contributed by atoms with Gasteiger partial charge in [0.25, 0.3) is 0 Å². The predicted octanol–water partition coefficient (Wildman–Crippen LogP) is 3.49. The summed E-state index contributed by atoms with van der Waals surface area (Å²) in [7, 11) is 0. The molecule has 0 aliphatic carbocycles. The molecule has 1 aliphatic rings. The van der Waals surface area contributed by atoms with Crippen molar-refractivity contribution in [3.63, 3.8) is 0 Å². The Kier molecular flexibility index (Phi) is 3.73. The van der Waals surface area contributed by atoms with E-state index in [1.165, 1.54) is 0 Å². The first-order chi connectivity index (χ1) is 7.79. The molecule has 0 spiro atoms. The van der Waals surface area contributed by atoms with Gasteiger partial charge in [0.15, 0.2) is 11.5 Å². The van der Waals surface area contributed by atoms with Crippen molar-refractivity contribution in [3.05, 3.63) is 29.3 Å². The maximum absolute atomic E-state index is 5.75. The highest BCUT2D eigenvalue weighted by Gasteiger charge is 2.09. The lowest BCUT2D eigenvalue weighted by Crippen LogP contribution is -1.97. The van der Waals surface area contributed by atoms with Crippen LogP contribution in [0.25, 0.3) is 6.08 Å². The zero-order valence-corrected chi connectivity index (χ0v) is 10.1. The van der Waals surface area contributed by atoms with Gasteiger partial charge >= 0.3 is 0 Å². The maximum Gasteiger partial charge on any atom is 0.161 e. The summed E-state index contributed by atoms with van der Waals surface area (Å²) in [5.41, 5.74) is 2.23. The molecule has 3 heteroatoms. The van der Waals surface area contributed by atoms with Crippen molar-refractivity contribution in [2.45, 2.75) is 13.3 Å². The van der Waals surface area contributed by atoms with Crippen molar-refractivity contribution in [2.75, 3.05) is 19.1 Å². The van der Waals surface area contributed by atoms with Crippen LogP contribution in [0.1, 0.15) is 18.9 Å². The van der Waals surface area contributed by atoms with Crippen molar-refractivity contribution in [3.8, 4) is 11.5 Å². The molecule has 0 N–H and O–H groups in total. The molecule has 0 bridgehead atoms. The smallest absolute Gasteiger partial charge is 0.161 e. The van der Waals surface area contributed by atoms with Crippen LogP contribution in [0, 0.1) is 0 Å². The monoisotopic (exact) mass is 238 g/mol.